The van der Waals surface area contributed by atoms with Crippen molar-refractivity contribution < 1.29 is 27.0 Å². The molecule has 0 amide bonds. The lowest BCUT2D eigenvalue weighted by Gasteiger charge is -2.11. The largest absolute Gasteiger partial charge is 0.491 e. The van der Waals surface area contributed by atoms with Crippen LogP contribution < -0.4 is 15.1 Å². The molecule has 1 fully saturated rings. The third kappa shape index (κ3) is 3.85. The molecule has 1 aliphatic rings. The monoisotopic (exact) mass is 480 g/mol. The zero-order valence-corrected chi connectivity index (χ0v) is 18.4. The Hall–Kier alpha value is -3.29. The van der Waals surface area contributed by atoms with Crippen LogP contribution in [0.5, 0.6) is 11.8 Å². The third-order valence-corrected chi connectivity index (χ3v) is 7.79. The van der Waals surface area contributed by atoms with Gasteiger partial charge in [0.2, 0.25) is 10.0 Å². The highest BCUT2D eigenvalue weighted by atomic mass is 32.2. The van der Waals surface area contributed by atoms with E-state index in [1.54, 1.807) is 0 Å². The summed E-state index contributed by atoms with van der Waals surface area (Å²) >= 11 is 0. The average Bonchev–Trinajstić information content (AvgIpc) is 3.55. The standard InChI is InChI=1S/C19H20N4O7S2/c1-20-31(27,28)15-6-3-7-16(11-15)32(29,30)21-12-4-2-5-14(10-12)23-18(25)17(24)22(19(23)26)13-8-9-13/h2-7,10-11,13,20-21,24-25H,8-9H2,1H3. The van der Waals surface area contributed by atoms with Crippen molar-refractivity contribution in [3.05, 3.63) is 59.0 Å². The minimum Gasteiger partial charge on any atom is -0.491 e. The van der Waals surface area contributed by atoms with Crippen LogP contribution >= 0.6 is 0 Å². The van der Waals surface area contributed by atoms with Gasteiger partial charge in [0.05, 0.1) is 21.2 Å². The molecule has 1 heterocycles. The van der Waals surface area contributed by atoms with Gasteiger partial charge in [0.25, 0.3) is 21.8 Å². The summed E-state index contributed by atoms with van der Waals surface area (Å²) in [5.74, 6) is -1.20. The minimum absolute atomic E-state index is 0.0642. The predicted octanol–water partition coefficient (Wildman–Crippen LogP) is 1.09. The van der Waals surface area contributed by atoms with Crippen LogP contribution in [-0.2, 0) is 20.0 Å². The predicted molar refractivity (Wildman–Crippen MR) is 115 cm³/mol. The first-order valence-corrected chi connectivity index (χ1v) is 12.4. The van der Waals surface area contributed by atoms with Gasteiger partial charge in [-0.05, 0) is 56.3 Å². The lowest BCUT2D eigenvalue weighted by atomic mass is 10.3. The van der Waals surface area contributed by atoms with E-state index in [-0.39, 0.29) is 27.2 Å². The van der Waals surface area contributed by atoms with E-state index in [9.17, 15) is 31.8 Å². The van der Waals surface area contributed by atoms with E-state index in [1.165, 1.54) is 49.5 Å². The molecule has 170 valence electrons. The Bertz CT molecular complexity index is 1470. The molecular weight excluding hydrogens is 460 g/mol. The smallest absolute Gasteiger partial charge is 0.338 e. The molecule has 13 heteroatoms. The first-order chi connectivity index (χ1) is 15.0. The molecule has 1 aromatic heterocycles. The molecule has 0 aliphatic heterocycles. The van der Waals surface area contributed by atoms with Gasteiger partial charge >= 0.3 is 5.69 Å². The number of aromatic hydroxyl groups is 2. The number of hydrogen-bond donors (Lipinski definition) is 4. The number of hydrogen-bond acceptors (Lipinski definition) is 7. The van der Waals surface area contributed by atoms with Gasteiger partial charge in [-0.1, -0.05) is 12.1 Å². The first-order valence-electron chi connectivity index (χ1n) is 9.47. The van der Waals surface area contributed by atoms with Crippen LogP contribution in [0.4, 0.5) is 5.69 Å². The zero-order chi connectivity index (χ0) is 23.3. The highest BCUT2D eigenvalue weighted by molar-refractivity contribution is 7.93. The fourth-order valence-corrected chi connectivity index (χ4v) is 5.19. The van der Waals surface area contributed by atoms with Gasteiger partial charge < -0.3 is 10.2 Å². The maximum Gasteiger partial charge on any atom is 0.338 e. The minimum atomic E-state index is -4.18. The summed E-state index contributed by atoms with van der Waals surface area (Å²) in [7, 11) is -6.81. The van der Waals surface area contributed by atoms with Crippen LogP contribution in [0.3, 0.4) is 0 Å². The summed E-state index contributed by atoms with van der Waals surface area (Å²) in [4.78, 5) is 12.2. The summed E-state index contributed by atoms with van der Waals surface area (Å²) in [5, 5.41) is 20.4. The Labute approximate surface area is 183 Å². The summed E-state index contributed by atoms with van der Waals surface area (Å²) < 4.78 is 56.0. The molecule has 3 aromatic rings. The third-order valence-electron chi connectivity index (χ3n) is 5.00. The van der Waals surface area contributed by atoms with Crippen molar-refractivity contribution in [2.75, 3.05) is 11.8 Å². The molecule has 0 radical (unpaired) electrons. The van der Waals surface area contributed by atoms with Crippen LogP contribution in [0.2, 0.25) is 0 Å². The van der Waals surface area contributed by atoms with E-state index in [0.717, 1.165) is 15.2 Å². The molecule has 0 bridgehead atoms. The van der Waals surface area contributed by atoms with Crippen LogP contribution in [0.15, 0.2) is 63.1 Å². The molecule has 0 saturated heterocycles. The average molecular weight is 481 g/mol. The van der Waals surface area contributed by atoms with Crippen LogP contribution in [0.25, 0.3) is 5.69 Å². The number of nitrogens with one attached hydrogen (secondary N) is 2. The van der Waals surface area contributed by atoms with Crippen molar-refractivity contribution in [1.29, 1.82) is 0 Å². The van der Waals surface area contributed by atoms with Crippen LogP contribution in [0.1, 0.15) is 18.9 Å². The highest BCUT2D eigenvalue weighted by Crippen LogP contribution is 2.40. The molecule has 0 spiro atoms. The maximum absolute atomic E-state index is 12.8. The number of nitrogens with zero attached hydrogens (tertiary/aromatic N) is 2. The highest BCUT2D eigenvalue weighted by Gasteiger charge is 2.32. The lowest BCUT2D eigenvalue weighted by Crippen LogP contribution is -2.22. The SMILES string of the molecule is CNS(=O)(=O)c1cccc(S(=O)(=O)Nc2cccc(-n3c(O)c(O)n(C4CC4)c3=O)c2)c1. The molecule has 4 N–H and O–H groups in total. The second-order valence-corrected chi connectivity index (χ2v) is 10.8. The molecule has 1 aliphatic carbocycles. The zero-order valence-electron chi connectivity index (χ0n) is 16.8. The van der Waals surface area contributed by atoms with Crippen molar-refractivity contribution in [2.45, 2.75) is 28.7 Å². The van der Waals surface area contributed by atoms with E-state index < -0.39 is 37.5 Å². The summed E-state index contributed by atoms with van der Waals surface area (Å²) in [6, 6.07) is 10.3. The number of aromatic nitrogens is 2. The van der Waals surface area contributed by atoms with E-state index >= 15 is 0 Å². The lowest BCUT2D eigenvalue weighted by molar-refractivity contribution is 0.363. The van der Waals surface area contributed by atoms with E-state index in [0.29, 0.717) is 12.8 Å². The second-order valence-electron chi connectivity index (χ2n) is 7.20. The fraction of sp³-hybridized carbons (Fsp3) is 0.211. The van der Waals surface area contributed by atoms with Gasteiger partial charge in [-0.15, -0.1) is 0 Å². The molecular formula is C19H20N4O7S2. The molecule has 2 aromatic carbocycles. The Kier molecular flexibility index (Phi) is 5.27. The normalized spacial score (nSPS) is 14.4. The maximum atomic E-state index is 12.8. The van der Waals surface area contributed by atoms with Crippen molar-refractivity contribution in [3.8, 4) is 17.4 Å². The summed E-state index contributed by atoms with van der Waals surface area (Å²) in [6.45, 7) is 0. The Balaban J connectivity index is 1.70. The Morgan fingerprint density at radius 3 is 2.16 bits per heavy atom. The van der Waals surface area contributed by atoms with Gasteiger partial charge in [0, 0.05) is 6.04 Å². The quantitative estimate of drug-likeness (QED) is 0.394. The van der Waals surface area contributed by atoms with E-state index in [1.807, 2.05) is 0 Å². The van der Waals surface area contributed by atoms with Gasteiger partial charge in [-0.3, -0.25) is 9.29 Å². The fourth-order valence-electron chi connectivity index (χ4n) is 3.24. The summed E-state index contributed by atoms with van der Waals surface area (Å²) in [5.41, 5.74) is -0.448. The topological polar surface area (TPSA) is 160 Å². The Morgan fingerprint density at radius 2 is 1.53 bits per heavy atom. The molecule has 4 rings (SSSR count). The first kappa shape index (κ1) is 21.9. The van der Waals surface area contributed by atoms with Gasteiger partial charge in [-0.25, -0.2) is 30.9 Å². The van der Waals surface area contributed by atoms with Crippen LogP contribution in [0, 0.1) is 0 Å². The second kappa shape index (κ2) is 7.69. The van der Waals surface area contributed by atoms with E-state index in [2.05, 4.69) is 9.44 Å². The Morgan fingerprint density at radius 1 is 0.906 bits per heavy atom. The molecule has 32 heavy (non-hydrogen) atoms. The van der Waals surface area contributed by atoms with Crippen molar-refractivity contribution >= 4 is 25.7 Å². The molecule has 0 atom stereocenters. The molecule has 0 unspecified atom stereocenters. The number of anilines is 1. The van der Waals surface area contributed by atoms with Gasteiger partial charge in [0.1, 0.15) is 0 Å². The number of rotatable bonds is 7. The number of benzene rings is 2. The van der Waals surface area contributed by atoms with Gasteiger partial charge in [0.15, 0.2) is 0 Å². The summed E-state index contributed by atoms with van der Waals surface area (Å²) in [6.07, 6.45) is 1.41. The number of imidazole rings is 1. The van der Waals surface area contributed by atoms with Crippen molar-refractivity contribution in [2.24, 2.45) is 0 Å². The van der Waals surface area contributed by atoms with Crippen molar-refractivity contribution in [1.82, 2.24) is 13.9 Å². The van der Waals surface area contributed by atoms with Crippen LogP contribution in [-0.4, -0.2) is 43.2 Å². The molecule has 11 nitrogen and oxygen atoms in total. The van der Waals surface area contributed by atoms with Gasteiger partial charge in [-0.2, -0.15) is 0 Å². The number of sulfonamides is 2. The van der Waals surface area contributed by atoms with E-state index in [4.69, 9.17) is 0 Å². The molecule has 1 saturated carbocycles. The van der Waals surface area contributed by atoms with Crippen molar-refractivity contribution in [3.63, 3.8) is 0 Å².